The van der Waals surface area contributed by atoms with Gasteiger partial charge >= 0.3 is 12.3 Å². The Morgan fingerprint density at radius 2 is 1.78 bits per heavy atom. The van der Waals surface area contributed by atoms with Crippen LogP contribution in [-0.4, -0.2) is 49.5 Å². The Balaban J connectivity index is 1.59. The summed E-state index contributed by atoms with van der Waals surface area (Å²) >= 11 is 0. The number of methoxy groups -OCH3 is 1. The molecule has 2 aromatic carbocycles. The number of carbonyl (C=O) groups is 2. The molecule has 12 heteroatoms. The molecular weight excluding hydrogens is 501 g/mol. The maximum absolute atomic E-state index is 13.2. The lowest BCUT2D eigenvalue weighted by Crippen LogP contribution is -2.39. The zero-order chi connectivity index (χ0) is 26.5. The van der Waals surface area contributed by atoms with Crippen molar-refractivity contribution in [1.82, 2.24) is 4.90 Å². The van der Waals surface area contributed by atoms with Crippen LogP contribution in [0.5, 0.6) is 0 Å². The standard InChI is InChI=1S/C24H25F3N2O6S/c1-23(32,24(25,26)27)16-5-7-17(8-6-16)28-21(30)20-19-10-9-18(36(33,34)13-14-3-4-14)11-15(19)12-29(20)22(31)35-2/h5-11,14,20,32H,3-4,12-13H2,1-2H3,(H,28,30). The van der Waals surface area contributed by atoms with E-state index in [1.54, 1.807) is 0 Å². The Labute approximate surface area is 206 Å². The topological polar surface area (TPSA) is 113 Å². The van der Waals surface area contributed by atoms with E-state index >= 15 is 0 Å². The molecule has 1 saturated carbocycles. The predicted molar refractivity (Wildman–Crippen MR) is 123 cm³/mol. The zero-order valence-corrected chi connectivity index (χ0v) is 20.3. The summed E-state index contributed by atoms with van der Waals surface area (Å²) in [5.41, 5.74) is -2.44. The number of nitrogens with one attached hydrogen (secondary N) is 1. The first-order valence-corrected chi connectivity index (χ1v) is 12.8. The van der Waals surface area contributed by atoms with Crippen LogP contribution in [0.25, 0.3) is 0 Å². The van der Waals surface area contributed by atoms with Crippen molar-refractivity contribution in [1.29, 1.82) is 0 Å². The Kier molecular flexibility index (Phi) is 6.54. The highest BCUT2D eigenvalue weighted by atomic mass is 32.2. The number of hydrogen-bond donors (Lipinski definition) is 2. The van der Waals surface area contributed by atoms with Crippen LogP contribution in [0.15, 0.2) is 47.4 Å². The fraction of sp³-hybridized carbons (Fsp3) is 0.417. The highest BCUT2D eigenvalue weighted by Crippen LogP contribution is 2.40. The van der Waals surface area contributed by atoms with Gasteiger partial charge in [0.15, 0.2) is 15.4 Å². The largest absolute Gasteiger partial charge is 0.453 e. The number of sulfone groups is 1. The van der Waals surface area contributed by atoms with Crippen molar-refractivity contribution in [3.8, 4) is 0 Å². The summed E-state index contributed by atoms with van der Waals surface area (Å²) in [7, 11) is -2.36. The Morgan fingerprint density at radius 1 is 1.14 bits per heavy atom. The molecule has 0 saturated heterocycles. The van der Waals surface area contributed by atoms with Crippen molar-refractivity contribution >= 4 is 27.5 Å². The van der Waals surface area contributed by atoms with Crippen LogP contribution in [0.1, 0.15) is 42.5 Å². The number of alkyl halides is 3. The summed E-state index contributed by atoms with van der Waals surface area (Å²) in [4.78, 5) is 26.8. The minimum absolute atomic E-state index is 0.0492. The second-order valence-electron chi connectivity index (χ2n) is 9.22. The number of ether oxygens (including phenoxy) is 1. The highest BCUT2D eigenvalue weighted by molar-refractivity contribution is 7.91. The molecule has 1 aliphatic heterocycles. The molecule has 2 atom stereocenters. The molecule has 194 valence electrons. The van der Waals surface area contributed by atoms with Crippen molar-refractivity contribution in [2.45, 2.75) is 49.0 Å². The van der Waals surface area contributed by atoms with Gasteiger partial charge in [0.25, 0.3) is 5.91 Å². The molecular formula is C24H25F3N2O6S. The number of rotatable bonds is 6. The van der Waals surface area contributed by atoms with E-state index in [1.165, 1.54) is 30.3 Å². The lowest BCUT2D eigenvalue weighted by Gasteiger charge is -2.27. The fourth-order valence-electron chi connectivity index (χ4n) is 4.14. The Morgan fingerprint density at radius 3 is 2.33 bits per heavy atom. The number of halogens is 3. The maximum Gasteiger partial charge on any atom is 0.421 e. The van der Waals surface area contributed by atoms with Crippen LogP contribution in [0.2, 0.25) is 0 Å². The van der Waals surface area contributed by atoms with E-state index in [1.807, 2.05) is 0 Å². The number of carbonyl (C=O) groups excluding carboxylic acids is 2. The minimum Gasteiger partial charge on any atom is -0.453 e. The monoisotopic (exact) mass is 526 g/mol. The van der Waals surface area contributed by atoms with Gasteiger partial charge in [0, 0.05) is 5.69 Å². The average molecular weight is 527 g/mol. The van der Waals surface area contributed by atoms with Gasteiger partial charge in [-0.15, -0.1) is 0 Å². The van der Waals surface area contributed by atoms with Gasteiger partial charge in [-0.25, -0.2) is 13.2 Å². The molecule has 0 bridgehead atoms. The van der Waals surface area contributed by atoms with Gasteiger partial charge in [0.1, 0.15) is 6.04 Å². The predicted octanol–water partition coefficient (Wildman–Crippen LogP) is 3.90. The normalized spacial score (nSPS) is 19.4. The second kappa shape index (κ2) is 9.07. The summed E-state index contributed by atoms with van der Waals surface area (Å²) in [6.45, 7) is 0.573. The van der Waals surface area contributed by atoms with Crippen molar-refractivity contribution in [3.63, 3.8) is 0 Å². The number of aliphatic hydroxyl groups is 1. The SMILES string of the molecule is COC(=O)N1Cc2cc(S(=O)(=O)CC3CC3)ccc2C1C(=O)Nc1ccc(C(C)(O)C(F)(F)F)cc1. The molecule has 2 aromatic rings. The minimum atomic E-state index is -4.89. The molecule has 8 nitrogen and oxygen atoms in total. The first-order chi connectivity index (χ1) is 16.7. The fourth-order valence-corrected chi connectivity index (χ4v) is 5.88. The summed E-state index contributed by atoms with van der Waals surface area (Å²) < 4.78 is 69.5. The summed E-state index contributed by atoms with van der Waals surface area (Å²) in [6, 6.07) is 7.72. The molecule has 2 unspecified atom stereocenters. The number of fused-ring (bicyclic) bond motifs is 1. The smallest absolute Gasteiger partial charge is 0.421 e. The van der Waals surface area contributed by atoms with E-state index in [2.05, 4.69) is 5.32 Å². The first kappa shape index (κ1) is 26.0. The van der Waals surface area contributed by atoms with E-state index < -0.39 is 45.2 Å². The van der Waals surface area contributed by atoms with Gasteiger partial charge in [-0.2, -0.15) is 13.2 Å². The number of nitrogens with zero attached hydrogens (tertiary/aromatic N) is 1. The van der Waals surface area contributed by atoms with Gasteiger partial charge in [-0.05, 0) is 66.6 Å². The van der Waals surface area contributed by atoms with Crippen LogP contribution in [0.4, 0.5) is 23.7 Å². The van der Waals surface area contributed by atoms with Crippen LogP contribution < -0.4 is 5.32 Å². The van der Waals surface area contributed by atoms with Crippen molar-refractivity contribution < 1.29 is 41.0 Å². The Hall–Kier alpha value is -3.12. The molecule has 1 aliphatic carbocycles. The van der Waals surface area contributed by atoms with Crippen LogP contribution in [0.3, 0.4) is 0 Å². The molecule has 0 radical (unpaired) electrons. The molecule has 4 rings (SSSR count). The molecule has 0 spiro atoms. The molecule has 1 heterocycles. The van der Waals surface area contributed by atoms with E-state index in [-0.39, 0.29) is 28.8 Å². The van der Waals surface area contributed by atoms with Gasteiger partial charge in [-0.1, -0.05) is 18.2 Å². The zero-order valence-electron chi connectivity index (χ0n) is 19.5. The molecule has 2 N–H and O–H groups in total. The van der Waals surface area contributed by atoms with Crippen LogP contribution in [0, 0.1) is 5.92 Å². The quantitative estimate of drug-likeness (QED) is 0.591. The van der Waals surface area contributed by atoms with Crippen LogP contribution >= 0.6 is 0 Å². The van der Waals surface area contributed by atoms with Crippen molar-refractivity contribution in [3.05, 3.63) is 59.2 Å². The lowest BCUT2D eigenvalue weighted by atomic mass is 9.95. The van der Waals surface area contributed by atoms with E-state index in [9.17, 15) is 36.3 Å². The van der Waals surface area contributed by atoms with E-state index in [0.717, 1.165) is 37.0 Å². The average Bonchev–Trinajstić information content (AvgIpc) is 3.52. The second-order valence-corrected chi connectivity index (χ2v) is 11.3. The number of anilines is 1. The van der Waals surface area contributed by atoms with Crippen molar-refractivity contribution in [2.24, 2.45) is 5.92 Å². The number of hydrogen-bond acceptors (Lipinski definition) is 6. The van der Waals surface area contributed by atoms with Gasteiger partial charge in [-0.3, -0.25) is 9.69 Å². The van der Waals surface area contributed by atoms with Gasteiger partial charge < -0.3 is 15.2 Å². The van der Waals surface area contributed by atoms with E-state index in [0.29, 0.717) is 18.1 Å². The molecule has 2 amide bonds. The lowest BCUT2D eigenvalue weighted by molar-refractivity contribution is -0.258. The van der Waals surface area contributed by atoms with E-state index in [4.69, 9.17) is 4.74 Å². The Bertz CT molecular complexity index is 1290. The molecule has 2 aliphatic rings. The highest BCUT2D eigenvalue weighted by Gasteiger charge is 2.51. The molecule has 36 heavy (non-hydrogen) atoms. The number of benzene rings is 2. The third kappa shape index (κ3) is 4.92. The summed E-state index contributed by atoms with van der Waals surface area (Å²) in [5, 5.41) is 12.4. The maximum atomic E-state index is 13.2. The summed E-state index contributed by atoms with van der Waals surface area (Å²) in [6.07, 6.45) is -3.95. The van der Waals surface area contributed by atoms with Crippen LogP contribution in [-0.2, 0) is 31.5 Å². The third-order valence-corrected chi connectivity index (χ3v) is 8.38. The number of amides is 2. The van der Waals surface area contributed by atoms with Gasteiger partial charge in [0.2, 0.25) is 0 Å². The van der Waals surface area contributed by atoms with Gasteiger partial charge in [0.05, 0.1) is 24.3 Å². The summed E-state index contributed by atoms with van der Waals surface area (Å²) in [5.74, 6) is -0.462. The third-order valence-electron chi connectivity index (χ3n) is 6.50. The van der Waals surface area contributed by atoms with Crippen molar-refractivity contribution in [2.75, 3.05) is 18.2 Å². The first-order valence-electron chi connectivity index (χ1n) is 11.2. The molecule has 1 fully saturated rings. The molecule has 0 aromatic heterocycles.